The van der Waals surface area contributed by atoms with Crippen molar-refractivity contribution in [3.63, 3.8) is 0 Å². The molecule has 2 rings (SSSR count). The average Bonchev–Trinajstić information content (AvgIpc) is 2.80. The maximum absolute atomic E-state index is 11.3. The van der Waals surface area contributed by atoms with E-state index < -0.39 is 5.97 Å². The van der Waals surface area contributed by atoms with E-state index in [9.17, 15) is 9.90 Å². The molecule has 88 valence electrons. The zero-order valence-corrected chi connectivity index (χ0v) is 9.51. The molecule has 1 aliphatic carbocycles. The van der Waals surface area contributed by atoms with Crippen LogP contribution in [0.25, 0.3) is 0 Å². The molecule has 1 aliphatic rings. The van der Waals surface area contributed by atoms with E-state index in [1.165, 1.54) is 32.1 Å². The molecule has 3 nitrogen and oxygen atoms in total. The van der Waals surface area contributed by atoms with Crippen molar-refractivity contribution in [2.75, 3.05) is 0 Å². The van der Waals surface area contributed by atoms with E-state index in [-0.39, 0.29) is 6.04 Å². The summed E-state index contributed by atoms with van der Waals surface area (Å²) in [5, 5.41) is 9.25. The second-order valence-electron chi connectivity index (χ2n) is 4.72. The molecule has 0 radical (unpaired) electrons. The zero-order chi connectivity index (χ0) is 11.4. The van der Waals surface area contributed by atoms with Crippen molar-refractivity contribution in [3.8, 4) is 0 Å². The monoisotopic (exact) mass is 221 g/mol. The Morgan fingerprint density at radius 3 is 2.44 bits per heavy atom. The van der Waals surface area contributed by atoms with Crippen LogP contribution in [0, 0.1) is 5.92 Å². The standard InChI is InChI=1S/C13H19NO2/c15-13(16)12(14-8-4-5-9-14)10-11-6-2-1-3-7-11/h4-5,8-9,11-12H,1-3,6-7,10H2,(H,15,16)/t12-/m0/s1. The van der Waals surface area contributed by atoms with E-state index >= 15 is 0 Å². The fraction of sp³-hybridized carbons (Fsp3) is 0.615. The van der Waals surface area contributed by atoms with E-state index in [1.807, 2.05) is 29.1 Å². The molecule has 1 N–H and O–H groups in total. The topological polar surface area (TPSA) is 42.2 Å². The highest BCUT2D eigenvalue weighted by molar-refractivity contribution is 5.71. The van der Waals surface area contributed by atoms with E-state index in [4.69, 9.17) is 0 Å². The summed E-state index contributed by atoms with van der Waals surface area (Å²) in [6.45, 7) is 0. The van der Waals surface area contributed by atoms with Gasteiger partial charge >= 0.3 is 5.97 Å². The Hall–Kier alpha value is -1.25. The molecule has 0 saturated heterocycles. The molecule has 1 heterocycles. The third-order valence-corrected chi connectivity index (χ3v) is 3.55. The predicted octanol–water partition coefficient (Wildman–Crippen LogP) is 3.08. The number of rotatable bonds is 4. The molecule has 1 saturated carbocycles. The molecule has 1 aromatic rings. The summed E-state index contributed by atoms with van der Waals surface area (Å²) < 4.78 is 1.82. The van der Waals surface area contributed by atoms with Crippen molar-refractivity contribution in [1.29, 1.82) is 0 Å². The highest BCUT2D eigenvalue weighted by atomic mass is 16.4. The Bertz CT molecular complexity index is 326. The smallest absolute Gasteiger partial charge is 0.326 e. The number of carboxylic acid groups (broad SMARTS) is 1. The van der Waals surface area contributed by atoms with Gasteiger partial charge in [-0.2, -0.15) is 0 Å². The minimum Gasteiger partial charge on any atom is -0.480 e. The summed E-state index contributed by atoms with van der Waals surface area (Å²) >= 11 is 0. The first-order valence-electron chi connectivity index (χ1n) is 6.12. The third-order valence-electron chi connectivity index (χ3n) is 3.55. The van der Waals surface area contributed by atoms with Crippen LogP contribution >= 0.6 is 0 Å². The van der Waals surface area contributed by atoms with Gasteiger partial charge in [0, 0.05) is 12.4 Å². The average molecular weight is 221 g/mol. The molecule has 1 atom stereocenters. The summed E-state index contributed by atoms with van der Waals surface area (Å²) in [5.41, 5.74) is 0. The van der Waals surface area contributed by atoms with Crippen LogP contribution in [0.15, 0.2) is 24.5 Å². The van der Waals surface area contributed by atoms with Gasteiger partial charge in [0.25, 0.3) is 0 Å². The highest BCUT2D eigenvalue weighted by Crippen LogP contribution is 2.30. The summed E-state index contributed by atoms with van der Waals surface area (Å²) in [4.78, 5) is 11.3. The van der Waals surface area contributed by atoms with Gasteiger partial charge in [-0.15, -0.1) is 0 Å². The van der Waals surface area contributed by atoms with Gasteiger partial charge in [-0.3, -0.25) is 0 Å². The maximum atomic E-state index is 11.3. The molecule has 0 aliphatic heterocycles. The van der Waals surface area contributed by atoms with Crippen molar-refractivity contribution in [1.82, 2.24) is 4.57 Å². The quantitative estimate of drug-likeness (QED) is 0.849. The van der Waals surface area contributed by atoms with Crippen LogP contribution in [-0.2, 0) is 4.79 Å². The second kappa shape index (κ2) is 5.19. The van der Waals surface area contributed by atoms with E-state index in [0.29, 0.717) is 5.92 Å². The zero-order valence-electron chi connectivity index (χ0n) is 9.51. The number of carboxylic acids is 1. The number of aliphatic carboxylic acids is 1. The van der Waals surface area contributed by atoms with Gasteiger partial charge in [0.2, 0.25) is 0 Å². The molecule has 1 aromatic heterocycles. The SMILES string of the molecule is O=C(O)[C@H](CC1CCCCC1)n1cccc1. The van der Waals surface area contributed by atoms with Crippen LogP contribution in [0.2, 0.25) is 0 Å². The lowest BCUT2D eigenvalue weighted by molar-refractivity contribution is -0.141. The lowest BCUT2D eigenvalue weighted by Gasteiger charge is -2.25. The predicted molar refractivity (Wildman–Crippen MR) is 62.3 cm³/mol. The van der Waals surface area contributed by atoms with Crippen molar-refractivity contribution in [3.05, 3.63) is 24.5 Å². The number of aromatic nitrogens is 1. The van der Waals surface area contributed by atoms with Crippen molar-refractivity contribution < 1.29 is 9.90 Å². The van der Waals surface area contributed by atoms with Gasteiger partial charge in [-0.1, -0.05) is 32.1 Å². The Balaban J connectivity index is 2.00. The summed E-state index contributed by atoms with van der Waals surface area (Å²) in [6.07, 6.45) is 10.7. The summed E-state index contributed by atoms with van der Waals surface area (Å²) in [5.74, 6) is -0.112. The van der Waals surface area contributed by atoms with E-state index in [1.54, 1.807) is 0 Å². The van der Waals surface area contributed by atoms with Crippen LogP contribution in [0.4, 0.5) is 0 Å². The molecule has 0 spiro atoms. The fourth-order valence-electron chi connectivity index (χ4n) is 2.64. The third kappa shape index (κ3) is 2.65. The first kappa shape index (κ1) is 11.2. The Morgan fingerprint density at radius 2 is 1.88 bits per heavy atom. The normalized spacial score (nSPS) is 19.5. The molecular weight excluding hydrogens is 202 g/mol. The van der Waals surface area contributed by atoms with Crippen LogP contribution in [0.5, 0.6) is 0 Å². The maximum Gasteiger partial charge on any atom is 0.326 e. The minimum absolute atomic E-state index is 0.377. The van der Waals surface area contributed by atoms with Gasteiger partial charge in [-0.05, 0) is 24.5 Å². The van der Waals surface area contributed by atoms with Gasteiger partial charge in [0.15, 0.2) is 0 Å². The molecule has 3 heteroatoms. The van der Waals surface area contributed by atoms with E-state index in [0.717, 1.165) is 6.42 Å². The van der Waals surface area contributed by atoms with Crippen molar-refractivity contribution in [2.24, 2.45) is 5.92 Å². The largest absolute Gasteiger partial charge is 0.480 e. The lowest BCUT2D eigenvalue weighted by atomic mass is 9.85. The molecule has 0 unspecified atom stereocenters. The summed E-state index contributed by atoms with van der Waals surface area (Å²) in [6, 6.07) is 3.39. The van der Waals surface area contributed by atoms with Gasteiger partial charge in [-0.25, -0.2) is 4.79 Å². The number of hydrogen-bond donors (Lipinski definition) is 1. The Labute approximate surface area is 96.1 Å². The first-order valence-corrected chi connectivity index (χ1v) is 6.12. The Morgan fingerprint density at radius 1 is 1.25 bits per heavy atom. The van der Waals surface area contributed by atoms with Gasteiger partial charge in [0.1, 0.15) is 6.04 Å². The highest BCUT2D eigenvalue weighted by Gasteiger charge is 2.24. The minimum atomic E-state index is -0.707. The second-order valence-corrected chi connectivity index (χ2v) is 4.72. The van der Waals surface area contributed by atoms with Gasteiger partial charge < -0.3 is 9.67 Å². The molecule has 0 bridgehead atoms. The molecular formula is C13H19NO2. The number of hydrogen-bond acceptors (Lipinski definition) is 1. The van der Waals surface area contributed by atoms with E-state index in [2.05, 4.69) is 0 Å². The lowest BCUT2D eigenvalue weighted by Crippen LogP contribution is -2.22. The van der Waals surface area contributed by atoms with Crippen LogP contribution in [0.1, 0.15) is 44.6 Å². The first-order chi connectivity index (χ1) is 7.77. The summed E-state index contributed by atoms with van der Waals surface area (Å²) in [7, 11) is 0. The number of carbonyl (C=O) groups is 1. The molecule has 16 heavy (non-hydrogen) atoms. The van der Waals surface area contributed by atoms with Crippen LogP contribution in [-0.4, -0.2) is 15.6 Å². The molecule has 0 aromatic carbocycles. The Kier molecular flexibility index (Phi) is 3.65. The van der Waals surface area contributed by atoms with Crippen LogP contribution in [0.3, 0.4) is 0 Å². The van der Waals surface area contributed by atoms with Crippen LogP contribution < -0.4 is 0 Å². The number of nitrogens with zero attached hydrogens (tertiary/aromatic N) is 1. The molecule has 0 amide bonds. The van der Waals surface area contributed by atoms with Crippen molar-refractivity contribution >= 4 is 5.97 Å². The molecule has 1 fully saturated rings. The van der Waals surface area contributed by atoms with Crippen molar-refractivity contribution in [2.45, 2.75) is 44.6 Å². The fourth-order valence-corrected chi connectivity index (χ4v) is 2.64. The van der Waals surface area contributed by atoms with Gasteiger partial charge in [0.05, 0.1) is 0 Å².